The van der Waals surface area contributed by atoms with Crippen LogP contribution in [0, 0.1) is 0 Å². The number of hydrogen-bond acceptors (Lipinski definition) is 3. The second kappa shape index (κ2) is 2.84. The van der Waals surface area contributed by atoms with E-state index in [2.05, 4.69) is 15.4 Å². The molecule has 0 bridgehead atoms. The summed E-state index contributed by atoms with van der Waals surface area (Å²) in [4.78, 5) is 8.10. The Morgan fingerprint density at radius 2 is 2.36 bits per heavy atom. The Labute approximate surface area is 65.2 Å². The topological polar surface area (TPSA) is 43.1 Å². The van der Waals surface area contributed by atoms with Gasteiger partial charge in [0.15, 0.2) is 5.82 Å². The number of hydrogen-bond donors (Lipinski definition) is 0. The SMILES string of the molecule is c1cnc(N2CCC[N]2)cn1. The van der Waals surface area contributed by atoms with E-state index in [1.807, 2.05) is 5.01 Å². The van der Waals surface area contributed by atoms with Gasteiger partial charge >= 0.3 is 0 Å². The zero-order valence-electron chi connectivity index (χ0n) is 6.14. The van der Waals surface area contributed by atoms with Gasteiger partial charge in [0.05, 0.1) is 6.20 Å². The Morgan fingerprint density at radius 1 is 1.36 bits per heavy atom. The van der Waals surface area contributed by atoms with E-state index in [-0.39, 0.29) is 0 Å². The monoisotopic (exact) mass is 149 g/mol. The van der Waals surface area contributed by atoms with Gasteiger partial charge in [-0.2, -0.15) is 0 Å². The summed E-state index contributed by atoms with van der Waals surface area (Å²) in [5, 5.41) is 1.90. The van der Waals surface area contributed by atoms with E-state index in [1.165, 1.54) is 0 Å². The molecule has 1 fully saturated rings. The highest BCUT2D eigenvalue weighted by atomic mass is 15.5. The first kappa shape index (κ1) is 6.54. The maximum atomic E-state index is 4.24. The van der Waals surface area contributed by atoms with Crippen molar-refractivity contribution >= 4 is 5.82 Å². The van der Waals surface area contributed by atoms with Crippen molar-refractivity contribution < 1.29 is 0 Å². The number of nitrogens with zero attached hydrogens (tertiary/aromatic N) is 4. The predicted molar refractivity (Wildman–Crippen MR) is 41.0 cm³/mol. The zero-order chi connectivity index (χ0) is 7.52. The van der Waals surface area contributed by atoms with E-state index in [1.54, 1.807) is 18.6 Å². The van der Waals surface area contributed by atoms with Crippen molar-refractivity contribution in [3.05, 3.63) is 18.6 Å². The molecular weight excluding hydrogens is 140 g/mol. The Hall–Kier alpha value is -1.16. The van der Waals surface area contributed by atoms with E-state index >= 15 is 0 Å². The molecule has 0 saturated carbocycles. The quantitative estimate of drug-likeness (QED) is 0.573. The minimum absolute atomic E-state index is 0.852. The molecule has 0 amide bonds. The molecule has 2 rings (SSSR count). The Morgan fingerprint density at radius 3 is 3.00 bits per heavy atom. The van der Waals surface area contributed by atoms with Gasteiger partial charge in [0.25, 0.3) is 0 Å². The van der Waals surface area contributed by atoms with Crippen LogP contribution in [-0.2, 0) is 0 Å². The maximum absolute atomic E-state index is 4.24. The normalized spacial score (nSPS) is 17.3. The number of anilines is 1. The molecule has 0 atom stereocenters. The van der Waals surface area contributed by atoms with Crippen LogP contribution in [0.25, 0.3) is 0 Å². The van der Waals surface area contributed by atoms with Crippen molar-refractivity contribution in [2.75, 3.05) is 18.1 Å². The van der Waals surface area contributed by atoms with Crippen LogP contribution in [0.1, 0.15) is 6.42 Å². The second-order valence-corrected chi connectivity index (χ2v) is 2.41. The van der Waals surface area contributed by atoms with E-state index in [9.17, 15) is 0 Å². The van der Waals surface area contributed by atoms with Crippen molar-refractivity contribution in [1.82, 2.24) is 15.4 Å². The molecule has 11 heavy (non-hydrogen) atoms. The largest absolute Gasteiger partial charge is 0.273 e. The van der Waals surface area contributed by atoms with Gasteiger partial charge in [0.1, 0.15) is 0 Å². The van der Waals surface area contributed by atoms with Gasteiger partial charge in [-0.15, -0.1) is 5.43 Å². The van der Waals surface area contributed by atoms with Gasteiger partial charge in [-0.25, -0.2) is 4.98 Å². The average Bonchev–Trinajstić information content (AvgIpc) is 2.58. The molecule has 0 unspecified atom stereocenters. The van der Waals surface area contributed by atoms with Crippen LogP contribution in [0.15, 0.2) is 18.6 Å². The van der Waals surface area contributed by atoms with E-state index < -0.39 is 0 Å². The van der Waals surface area contributed by atoms with Crippen molar-refractivity contribution in [1.29, 1.82) is 0 Å². The lowest BCUT2D eigenvalue weighted by atomic mass is 10.5. The first-order valence-corrected chi connectivity index (χ1v) is 3.68. The zero-order valence-corrected chi connectivity index (χ0v) is 6.14. The Kier molecular flexibility index (Phi) is 1.69. The summed E-state index contributed by atoms with van der Waals surface area (Å²) in [6.07, 6.45) is 6.20. The fourth-order valence-corrected chi connectivity index (χ4v) is 1.09. The summed E-state index contributed by atoms with van der Waals surface area (Å²) in [5.41, 5.74) is 4.24. The number of aromatic nitrogens is 2. The molecule has 1 saturated heterocycles. The fraction of sp³-hybridized carbons (Fsp3) is 0.429. The number of rotatable bonds is 1. The molecule has 0 aliphatic carbocycles. The van der Waals surface area contributed by atoms with Gasteiger partial charge < -0.3 is 0 Å². The molecule has 0 spiro atoms. The third-order valence-corrected chi connectivity index (χ3v) is 1.61. The first-order chi connectivity index (χ1) is 5.47. The molecule has 4 heteroatoms. The Balaban J connectivity index is 2.16. The summed E-state index contributed by atoms with van der Waals surface area (Å²) >= 11 is 0. The van der Waals surface area contributed by atoms with E-state index in [4.69, 9.17) is 0 Å². The van der Waals surface area contributed by atoms with Crippen LogP contribution in [0.2, 0.25) is 0 Å². The van der Waals surface area contributed by atoms with Crippen LogP contribution < -0.4 is 10.4 Å². The molecule has 2 heterocycles. The fourth-order valence-electron chi connectivity index (χ4n) is 1.09. The third-order valence-electron chi connectivity index (χ3n) is 1.61. The molecule has 0 N–H and O–H groups in total. The Bertz CT molecular complexity index is 217. The maximum Gasteiger partial charge on any atom is 0.162 e. The van der Waals surface area contributed by atoms with Crippen molar-refractivity contribution in [3.63, 3.8) is 0 Å². The molecule has 0 aromatic carbocycles. The summed E-state index contributed by atoms with van der Waals surface area (Å²) in [6.45, 7) is 1.88. The van der Waals surface area contributed by atoms with Crippen LogP contribution in [0.3, 0.4) is 0 Å². The van der Waals surface area contributed by atoms with Crippen molar-refractivity contribution in [3.8, 4) is 0 Å². The molecule has 4 nitrogen and oxygen atoms in total. The lowest BCUT2D eigenvalue weighted by Gasteiger charge is -2.12. The predicted octanol–water partition coefficient (Wildman–Crippen LogP) is 0.206. The summed E-state index contributed by atoms with van der Waals surface area (Å²) in [5.74, 6) is 0.852. The van der Waals surface area contributed by atoms with Crippen molar-refractivity contribution in [2.24, 2.45) is 0 Å². The van der Waals surface area contributed by atoms with Crippen LogP contribution >= 0.6 is 0 Å². The first-order valence-electron chi connectivity index (χ1n) is 3.68. The molecule has 1 aliphatic rings. The minimum atomic E-state index is 0.852. The molecule has 1 aliphatic heterocycles. The summed E-state index contributed by atoms with van der Waals surface area (Å²) in [6, 6.07) is 0. The second-order valence-electron chi connectivity index (χ2n) is 2.41. The third kappa shape index (κ3) is 1.30. The van der Waals surface area contributed by atoms with Gasteiger partial charge in [-0.1, -0.05) is 0 Å². The molecule has 57 valence electrons. The summed E-state index contributed by atoms with van der Waals surface area (Å²) in [7, 11) is 0. The van der Waals surface area contributed by atoms with E-state index in [0.717, 1.165) is 25.3 Å². The highest BCUT2D eigenvalue weighted by Crippen LogP contribution is 2.09. The minimum Gasteiger partial charge on any atom is -0.273 e. The highest BCUT2D eigenvalue weighted by molar-refractivity contribution is 5.33. The van der Waals surface area contributed by atoms with Gasteiger partial charge in [-0.05, 0) is 6.42 Å². The van der Waals surface area contributed by atoms with E-state index in [0.29, 0.717) is 0 Å². The molecule has 1 aromatic heterocycles. The van der Waals surface area contributed by atoms with Gasteiger partial charge in [0.2, 0.25) is 0 Å². The highest BCUT2D eigenvalue weighted by Gasteiger charge is 2.13. The smallest absolute Gasteiger partial charge is 0.162 e. The lowest BCUT2D eigenvalue weighted by Crippen LogP contribution is -2.24. The lowest BCUT2D eigenvalue weighted by molar-refractivity contribution is 0.754. The molecule has 1 radical (unpaired) electrons. The van der Waals surface area contributed by atoms with Crippen LogP contribution in [0.4, 0.5) is 5.82 Å². The van der Waals surface area contributed by atoms with Crippen LogP contribution in [0.5, 0.6) is 0 Å². The molecular formula is C7H9N4. The van der Waals surface area contributed by atoms with Gasteiger partial charge in [-0.3, -0.25) is 9.99 Å². The van der Waals surface area contributed by atoms with Crippen molar-refractivity contribution in [2.45, 2.75) is 6.42 Å². The average molecular weight is 149 g/mol. The standard InChI is InChI=1S/C7H9N4/c1-2-10-11(5-1)7-6-8-3-4-9-7/h3-4,6H,1-2,5H2. The summed E-state index contributed by atoms with van der Waals surface area (Å²) < 4.78 is 0. The van der Waals surface area contributed by atoms with Crippen LogP contribution in [-0.4, -0.2) is 23.1 Å². The molecule has 1 aromatic rings. The van der Waals surface area contributed by atoms with Gasteiger partial charge in [0, 0.05) is 25.5 Å².